The van der Waals surface area contributed by atoms with Gasteiger partial charge < -0.3 is 14.5 Å². The Morgan fingerprint density at radius 3 is 1.92 bits per heavy atom. The highest BCUT2D eigenvalue weighted by atomic mass is 79.9. The molecular weight excluding hydrogens is 547 g/mol. The van der Waals surface area contributed by atoms with Crippen molar-refractivity contribution in [3.8, 4) is 5.75 Å². The van der Waals surface area contributed by atoms with Gasteiger partial charge in [0, 0.05) is 24.6 Å². The van der Waals surface area contributed by atoms with Gasteiger partial charge >= 0.3 is 5.97 Å². The lowest BCUT2D eigenvalue weighted by atomic mass is 10.0. The molecular formula is C26H22BrF5N2O2. The molecule has 4 nitrogen and oxygen atoms in total. The van der Waals surface area contributed by atoms with Crippen LogP contribution in [0.5, 0.6) is 5.75 Å². The summed E-state index contributed by atoms with van der Waals surface area (Å²) in [5.41, 5.74) is 5.41. The number of benzene rings is 3. The van der Waals surface area contributed by atoms with Gasteiger partial charge in [0.15, 0.2) is 0 Å². The Bertz CT molecular complexity index is 1290. The predicted octanol–water partition coefficient (Wildman–Crippen LogP) is 6.86. The van der Waals surface area contributed by atoms with Gasteiger partial charge in [-0.05, 0) is 49.6 Å². The van der Waals surface area contributed by atoms with E-state index in [2.05, 4.69) is 47.4 Å². The minimum atomic E-state index is -2.33. The number of anilines is 1. The average Bonchev–Trinajstić information content (AvgIpc) is 3.26. The third-order valence-electron chi connectivity index (χ3n) is 5.65. The van der Waals surface area contributed by atoms with Gasteiger partial charge in [-0.2, -0.15) is 8.78 Å². The second kappa shape index (κ2) is 10.7. The van der Waals surface area contributed by atoms with Gasteiger partial charge in [-0.25, -0.2) is 18.0 Å². The van der Waals surface area contributed by atoms with E-state index in [0.29, 0.717) is 13.2 Å². The van der Waals surface area contributed by atoms with Crippen LogP contribution in [0.2, 0.25) is 0 Å². The number of nitrogens with zero attached hydrogens (tertiary/aromatic N) is 2. The van der Waals surface area contributed by atoms with Gasteiger partial charge in [-0.3, -0.25) is 0 Å². The summed E-state index contributed by atoms with van der Waals surface area (Å²) < 4.78 is 71.9. The molecule has 190 valence electrons. The molecule has 0 aromatic heterocycles. The molecule has 0 fully saturated rings. The van der Waals surface area contributed by atoms with Crippen LogP contribution in [0, 0.1) is 49.9 Å². The molecule has 0 radical (unpaired) electrons. The van der Waals surface area contributed by atoms with Crippen molar-refractivity contribution in [3.05, 3.63) is 106 Å². The number of carbonyl (C=O) groups is 1. The molecule has 0 atom stereocenters. The van der Waals surface area contributed by atoms with Crippen LogP contribution in [0.4, 0.5) is 27.6 Å². The molecule has 0 unspecified atom stereocenters. The number of hydrogen-bond acceptors (Lipinski definition) is 4. The predicted molar refractivity (Wildman–Crippen MR) is 131 cm³/mol. The molecule has 0 amide bonds. The van der Waals surface area contributed by atoms with E-state index in [1.54, 1.807) is 12.1 Å². The monoisotopic (exact) mass is 568 g/mol. The second-order valence-corrected chi connectivity index (χ2v) is 8.39. The average molecular weight is 569 g/mol. The summed E-state index contributed by atoms with van der Waals surface area (Å²) in [7, 11) is 0. The van der Waals surface area contributed by atoms with E-state index in [1.807, 2.05) is 12.4 Å². The topological polar surface area (TPSA) is 32.8 Å². The maximum Gasteiger partial charge on any atom is 0.343 e. The summed E-state index contributed by atoms with van der Waals surface area (Å²) in [5, 5.41) is 0. The fourth-order valence-electron chi connectivity index (χ4n) is 4.14. The number of rotatable bonds is 5. The van der Waals surface area contributed by atoms with Crippen LogP contribution in [-0.2, 0) is 6.54 Å². The summed E-state index contributed by atoms with van der Waals surface area (Å²) in [6.45, 7) is 7.32. The van der Waals surface area contributed by atoms with E-state index in [1.165, 1.54) is 28.8 Å². The lowest BCUT2D eigenvalue weighted by Crippen LogP contribution is -2.25. The minimum absolute atomic E-state index is 0. The van der Waals surface area contributed by atoms with Crippen LogP contribution in [-0.4, -0.2) is 17.5 Å². The number of carbonyl (C=O) groups excluding carboxylic acids is 1. The lowest BCUT2D eigenvalue weighted by molar-refractivity contribution is 0.0716. The normalized spacial score (nSPS) is 12.7. The Morgan fingerprint density at radius 1 is 0.833 bits per heavy atom. The Balaban J connectivity index is 0.00000361. The van der Waals surface area contributed by atoms with E-state index >= 15 is 0 Å². The van der Waals surface area contributed by atoms with Crippen LogP contribution in [0.15, 0.2) is 48.8 Å². The molecule has 0 spiro atoms. The van der Waals surface area contributed by atoms with Gasteiger partial charge in [0.2, 0.25) is 34.8 Å². The van der Waals surface area contributed by atoms with E-state index in [4.69, 9.17) is 0 Å². The van der Waals surface area contributed by atoms with Crippen LogP contribution in [0.25, 0.3) is 0 Å². The minimum Gasteiger partial charge on any atom is -0.416 e. The summed E-state index contributed by atoms with van der Waals surface area (Å²) >= 11 is 0. The SMILES string of the molecule is Br.Cc1cc(C)c(N2C=CN(Cc3ccc(C(=O)Oc4c(F)c(F)c(F)c(F)c4F)cc3)C2)c(C)c1. The van der Waals surface area contributed by atoms with E-state index in [9.17, 15) is 26.7 Å². The second-order valence-electron chi connectivity index (χ2n) is 8.39. The smallest absolute Gasteiger partial charge is 0.343 e. The van der Waals surface area contributed by atoms with Crippen molar-refractivity contribution in [3.63, 3.8) is 0 Å². The Morgan fingerprint density at radius 2 is 1.36 bits per heavy atom. The van der Waals surface area contributed by atoms with Crippen LogP contribution in [0.1, 0.15) is 32.6 Å². The first-order valence-corrected chi connectivity index (χ1v) is 10.7. The maximum atomic E-state index is 13.8. The van der Waals surface area contributed by atoms with Crippen LogP contribution >= 0.6 is 17.0 Å². The Hall–Kier alpha value is -3.40. The van der Waals surface area contributed by atoms with E-state index < -0.39 is 40.8 Å². The van der Waals surface area contributed by atoms with Crippen molar-refractivity contribution in [1.29, 1.82) is 0 Å². The van der Waals surface area contributed by atoms with E-state index in [0.717, 1.165) is 11.3 Å². The quantitative estimate of drug-likeness (QED) is 0.111. The number of hydrogen-bond donors (Lipinski definition) is 0. The standard InChI is InChI=1S/C26H21F5N2O2.BrH/c1-14-10-15(2)24(16(3)11-14)33-9-8-32(13-33)12-17-4-6-18(7-5-17)26(34)35-25-22(30)20(28)19(27)21(29)23(25)31;/h4-11H,12-13H2,1-3H3;1H. The fraction of sp³-hybridized carbons (Fsp3) is 0.192. The summed E-state index contributed by atoms with van der Waals surface area (Å²) in [6, 6.07) is 10.2. The van der Waals surface area contributed by atoms with Gasteiger partial charge in [-0.1, -0.05) is 29.8 Å². The number of esters is 1. The highest BCUT2D eigenvalue weighted by Gasteiger charge is 2.29. The van der Waals surface area contributed by atoms with Gasteiger partial charge in [-0.15, -0.1) is 17.0 Å². The van der Waals surface area contributed by atoms with Gasteiger partial charge in [0.05, 0.1) is 12.2 Å². The first kappa shape index (κ1) is 27.2. The molecule has 0 saturated heterocycles. The molecule has 10 heteroatoms. The molecule has 0 bridgehead atoms. The first-order valence-electron chi connectivity index (χ1n) is 10.7. The zero-order chi connectivity index (χ0) is 25.4. The molecule has 36 heavy (non-hydrogen) atoms. The van der Waals surface area contributed by atoms with Crippen molar-refractivity contribution in [2.24, 2.45) is 0 Å². The molecule has 3 aromatic carbocycles. The third kappa shape index (κ3) is 5.23. The maximum absolute atomic E-state index is 13.8. The third-order valence-corrected chi connectivity index (χ3v) is 5.65. The van der Waals surface area contributed by atoms with Crippen molar-refractivity contribution in [1.82, 2.24) is 4.90 Å². The summed E-state index contributed by atoms with van der Waals surface area (Å²) in [6.07, 6.45) is 3.94. The molecule has 1 heterocycles. The largest absolute Gasteiger partial charge is 0.416 e. The van der Waals surface area contributed by atoms with Gasteiger partial charge in [0.1, 0.15) is 0 Å². The zero-order valence-corrected chi connectivity index (χ0v) is 21.3. The molecule has 0 N–H and O–H groups in total. The molecule has 1 aliphatic rings. The van der Waals surface area contributed by atoms with Gasteiger partial charge in [0.25, 0.3) is 0 Å². The zero-order valence-electron chi connectivity index (χ0n) is 19.5. The Kier molecular flexibility index (Phi) is 8.08. The van der Waals surface area contributed by atoms with Crippen LogP contribution in [0.3, 0.4) is 0 Å². The van der Waals surface area contributed by atoms with Crippen molar-refractivity contribution < 1.29 is 31.5 Å². The summed E-state index contributed by atoms with van der Waals surface area (Å²) in [4.78, 5) is 16.4. The first-order chi connectivity index (χ1) is 16.6. The molecule has 1 aliphatic heterocycles. The summed E-state index contributed by atoms with van der Waals surface area (Å²) in [5.74, 6) is -14.0. The highest BCUT2D eigenvalue weighted by Crippen LogP contribution is 2.31. The Labute approximate surface area is 215 Å². The number of halogens is 6. The number of aryl methyl sites for hydroxylation is 3. The molecule has 3 aromatic rings. The van der Waals surface area contributed by atoms with E-state index in [-0.39, 0.29) is 22.5 Å². The number of ether oxygens (including phenoxy) is 1. The molecule has 0 saturated carbocycles. The fourth-order valence-corrected chi connectivity index (χ4v) is 4.14. The highest BCUT2D eigenvalue weighted by molar-refractivity contribution is 8.93. The van der Waals surface area contributed by atoms with Crippen LogP contribution < -0.4 is 9.64 Å². The van der Waals surface area contributed by atoms with Crippen molar-refractivity contribution in [2.75, 3.05) is 11.6 Å². The molecule has 4 rings (SSSR count). The van der Waals surface area contributed by atoms with Crippen molar-refractivity contribution in [2.45, 2.75) is 27.3 Å². The molecule has 0 aliphatic carbocycles. The lowest BCUT2D eigenvalue weighted by Gasteiger charge is -2.25. The van der Waals surface area contributed by atoms with Crippen molar-refractivity contribution >= 4 is 28.6 Å².